The highest BCUT2D eigenvalue weighted by molar-refractivity contribution is 8.02. The van der Waals surface area contributed by atoms with Crippen molar-refractivity contribution in [3.8, 4) is 11.3 Å². The molecule has 1 aliphatic heterocycles. The van der Waals surface area contributed by atoms with Crippen LogP contribution in [0.5, 0.6) is 0 Å². The molecule has 2 atom stereocenters. The van der Waals surface area contributed by atoms with Gasteiger partial charge >= 0.3 is 0 Å². The lowest BCUT2D eigenvalue weighted by atomic mass is 10.0. The van der Waals surface area contributed by atoms with Gasteiger partial charge in [0.2, 0.25) is 0 Å². The summed E-state index contributed by atoms with van der Waals surface area (Å²) in [6.45, 7) is 5.73. The van der Waals surface area contributed by atoms with Gasteiger partial charge in [-0.1, -0.05) is 35.0 Å². The van der Waals surface area contributed by atoms with Crippen molar-refractivity contribution >= 4 is 50.1 Å². The molecule has 3 N–H and O–H groups in total. The quantitative estimate of drug-likeness (QED) is 0.509. The number of amides is 1. The first kappa shape index (κ1) is 23.5. The number of aliphatic imine (C=N–C) groups is 1. The monoisotopic (exact) mass is 504 g/mol. The molecule has 0 bridgehead atoms. The molecule has 0 aliphatic carbocycles. The molecule has 3 aromatic rings. The number of benzene rings is 1. The predicted molar refractivity (Wildman–Crippen MR) is 136 cm³/mol. The van der Waals surface area contributed by atoms with Gasteiger partial charge in [0.15, 0.2) is 0 Å². The van der Waals surface area contributed by atoms with E-state index in [-0.39, 0.29) is 17.5 Å². The van der Waals surface area contributed by atoms with Gasteiger partial charge < -0.3 is 15.6 Å². The molecule has 0 saturated heterocycles. The van der Waals surface area contributed by atoms with E-state index >= 15 is 0 Å². The molecule has 0 radical (unpaired) electrons. The molecule has 33 heavy (non-hydrogen) atoms. The van der Waals surface area contributed by atoms with Crippen LogP contribution in [0.3, 0.4) is 0 Å². The molecular weight excluding hydrogens is 480 g/mol. The summed E-state index contributed by atoms with van der Waals surface area (Å²) in [6, 6.07) is 11.1. The lowest BCUT2D eigenvalue weighted by Gasteiger charge is -2.40. The Morgan fingerprint density at radius 3 is 2.76 bits per heavy atom. The lowest BCUT2D eigenvalue weighted by Crippen LogP contribution is -2.54. The number of hydrogen-bond acceptors (Lipinski definition) is 7. The molecule has 0 fully saturated rings. The van der Waals surface area contributed by atoms with Gasteiger partial charge in [0.05, 0.1) is 19.5 Å². The van der Waals surface area contributed by atoms with Crippen LogP contribution in [0.2, 0.25) is 5.02 Å². The van der Waals surface area contributed by atoms with Crippen molar-refractivity contribution in [1.82, 2.24) is 10.5 Å². The minimum atomic E-state index is -2.58. The Balaban J connectivity index is 1.54. The second-order valence-corrected chi connectivity index (χ2v) is 13.2. The average Bonchev–Trinajstić information content (AvgIpc) is 3.41. The number of thiophene rings is 1. The molecule has 10 heteroatoms. The smallest absolute Gasteiger partial charge is 0.261 e. The number of rotatable bonds is 5. The Bertz CT molecular complexity index is 1340. The Kier molecular flexibility index (Phi) is 5.92. The molecule has 0 spiro atoms. The molecule has 7 nitrogen and oxygen atoms in total. The maximum absolute atomic E-state index is 13.3. The number of nitrogens with one attached hydrogen (secondary N) is 1. The number of nitrogens with zero attached hydrogens (tertiary/aromatic N) is 2. The van der Waals surface area contributed by atoms with Crippen molar-refractivity contribution in [2.75, 3.05) is 5.75 Å². The third-order valence-corrected chi connectivity index (χ3v) is 10.8. The number of carbonyl (C=O) groups is 1. The second kappa shape index (κ2) is 8.30. The van der Waals surface area contributed by atoms with Crippen LogP contribution in [0.15, 0.2) is 52.2 Å². The third-order valence-electron chi connectivity index (χ3n) is 5.94. The molecule has 2 aromatic heterocycles. The normalized spacial score (nSPS) is 24.3. The number of nitrogens with two attached hydrogens (primary N) is 1. The average molecular weight is 505 g/mol. The topological polar surface area (TPSA) is 111 Å². The van der Waals surface area contributed by atoms with Gasteiger partial charge in [-0.3, -0.25) is 14.0 Å². The van der Waals surface area contributed by atoms with E-state index < -0.39 is 19.8 Å². The summed E-state index contributed by atoms with van der Waals surface area (Å²) in [5.41, 5.74) is 7.81. The number of halogens is 1. The SMILES string of the molecule is C=S1(=O)C[C@@](C)(c2sc(C(=O)NCc3cccc(-c4ccon4)c3)cc2Cl)N=C(N)C1(C)C. The molecule has 1 aromatic carbocycles. The van der Waals surface area contributed by atoms with Gasteiger partial charge in [-0.05, 0) is 53.9 Å². The maximum Gasteiger partial charge on any atom is 0.261 e. The van der Waals surface area contributed by atoms with Crippen LogP contribution in [0.4, 0.5) is 0 Å². The van der Waals surface area contributed by atoms with E-state index in [0.717, 1.165) is 16.8 Å². The first-order valence-corrected chi connectivity index (χ1v) is 13.3. The molecule has 3 heterocycles. The first-order valence-electron chi connectivity index (χ1n) is 10.2. The van der Waals surface area contributed by atoms with Gasteiger partial charge in [-0.15, -0.1) is 11.3 Å². The molecule has 0 saturated carbocycles. The van der Waals surface area contributed by atoms with E-state index in [9.17, 15) is 9.00 Å². The third kappa shape index (κ3) is 4.32. The highest BCUT2D eigenvalue weighted by atomic mass is 35.5. The zero-order valence-corrected chi connectivity index (χ0v) is 20.9. The molecule has 174 valence electrons. The van der Waals surface area contributed by atoms with E-state index in [4.69, 9.17) is 21.9 Å². The fraction of sp³-hybridized carbons (Fsp3) is 0.304. The van der Waals surface area contributed by atoms with Crippen LogP contribution >= 0.6 is 22.9 Å². The van der Waals surface area contributed by atoms with Crippen molar-refractivity contribution in [3.05, 3.63) is 63.0 Å². The zero-order valence-electron chi connectivity index (χ0n) is 18.6. The number of amidine groups is 1. The van der Waals surface area contributed by atoms with Crippen molar-refractivity contribution in [3.63, 3.8) is 0 Å². The standard InChI is InChI=1S/C23H25ClN4O3S2/c1-22(2)21(25)27-23(3,13-33(22,4)30)19-16(24)11-18(32-19)20(29)26-12-14-6-5-7-15(10-14)17-8-9-31-28-17/h5-11H,4,12-13H2,1-3H3,(H2,25,27)(H,26,29)/t23-,33?/m0/s1. The van der Waals surface area contributed by atoms with Crippen molar-refractivity contribution in [1.29, 1.82) is 0 Å². The summed E-state index contributed by atoms with van der Waals surface area (Å²) in [5, 5.41) is 7.26. The molecule has 1 amide bonds. The largest absolute Gasteiger partial charge is 0.386 e. The molecule has 1 unspecified atom stereocenters. The fourth-order valence-electron chi connectivity index (χ4n) is 3.69. The summed E-state index contributed by atoms with van der Waals surface area (Å²) >= 11 is 7.74. The molecule has 4 rings (SSSR count). The van der Waals surface area contributed by atoms with E-state index in [1.165, 1.54) is 17.6 Å². The van der Waals surface area contributed by atoms with Crippen LogP contribution in [0.1, 0.15) is 40.9 Å². The Morgan fingerprint density at radius 1 is 1.33 bits per heavy atom. The lowest BCUT2D eigenvalue weighted by molar-refractivity contribution is 0.0955. The van der Waals surface area contributed by atoms with Gasteiger partial charge in [-0.2, -0.15) is 0 Å². The minimum Gasteiger partial charge on any atom is -0.386 e. The van der Waals surface area contributed by atoms with Gasteiger partial charge in [-0.25, -0.2) is 0 Å². The molecular formula is C23H25ClN4O3S2. The van der Waals surface area contributed by atoms with E-state index in [2.05, 4.69) is 21.3 Å². The first-order chi connectivity index (χ1) is 15.4. The second-order valence-electron chi connectivity index (χ2n) is 8.79. The molecule has 1 aliphatic rings. The predicted octanol–water partition coefficient (Wildman–Crippen LogP) is 4.07. The Labute approximate surface area is 202 Å². The summed E-state index contributed by atoms with van der Waals surface area (Å²) in [6.07, 6.45) is 1.51. The van der Waals surface area contributed by atoms with Crippen LogP contribution < -0.4 is 11.1 Å². The van der Waals surface area contributed by atoms with Crippen molar-refractivity contribution < 1.29 is 13.5 Å². The Morgan fingerprint density at radius 2 is 2.09 bits per heavy atom. The Hall–Kier alpha value is -2.62. The number of carbonyl (C=O) groups excluding carboxylic acids is 1. The van der Waals surface area contributed by atoms with Crippen molar-refractivity contribution in [2.45, 2.75) is 37.6 Å². The zero-order chi connectivity index (χ0) is 24.0. The summed E-state index contributed by atoms with van der Waals surface area (Å²) in [7, 11) is -2.58. The van der Waals surface area contributed by atoms with Crippen LogP contribution in [0.25, 0.3) is 11.3 Å². The number of aromatic nitrogens is 1. The van der Waals surface area contributed by atoms with Crippen LogP contribution in [0, 0.1) is 0 Å². The maximum atomic E-state index is 13.3. The van der Waals surface area contributed by atoms with Gasteiger partial charge in [0.1, 0.15) is 23.3 Å². The number of hydrogen-bond donors (Lipinski definition) is 2. The summed E-state index contributed by atoms with van der Waals surface area (Å²) in [5.74, 6) is 4.17. The summed E-state index contributed by atoms with van der Waals surface area (Å²) < 4.78 is 17.4. The van der Waals surface area contributed by atoms with E-state index in [1.807, 2.05) is 31.2 Å². The summed E-state index contributed by atoms with van der Waals surface area (Å²) in [4.78, 5) is 18.6. The van der Waals surface area contributed by atoms with E-state index in [0.29, 0.717) is 21.3 Å². The van der Waals surface area contributed by atoms with Crippen LogP contribution in [-0.2, 0) is 21.6 Å². The van der Waals surface area contributed by atoms with Gasteiger partial charge in [0.25, 0.3) is 5.91 Å². The van der Waals surface area contributed by atoms with Crippen LogP contribution in [-0.4, -0.2) is 37.5 Å². The minimum absolute atomic E-state index is 0.198. The van der Waals surface area contributed by atoms with E-state index in [1.54, 1.807) is 26.0 Å². The van der Waals surface area contributed by atoms with Crippen molar-refractivity contribution in [2.24, 2.45) is 10.7 Å². The highest BCUT2D eigenvalue weighted by Crippen LogP contribution is 2.43. The van der Waals surface area contributed by atoms with Gasteiger partial charge in [0, 0.05) is 23.9 Å². The highest BCUT2D eigenvalue weighted by Gasteiger charge is 2.46. The fourth-order valence-corrected chi connectivity index (χ4v) is 7.24.